The Morgan fingerprint density at radius 2 is 2.00 bits per heavy atom. The smallest absolute Gasteiger partial charge is 0.333 e. The van der Waals surface area contributed by atoms with E-state index in [1.54, 1.807) is 0 Å². The van der Waals surface area contributed by atoms with Gasteiger partial charge >= 0.3 is 5.97 Å². The van der Waals surface area contributed by atoms with E-state index in [1.807, 2.05) is 0 Å². The molecule has 1 aromatic rings. The molecule has 0 aromatic heterocycles. The molecule has 0 aliphatic rings. The number of carboxylic acids is 1. The SMILES string of the molecule is CC(C)(c1cc(F)ccc1O)C(O)C(=O)O. The summed E-state index contributed by atoms with van der Waals surface area (Å²) in [7, 11) is 0. The Morgan fingerprint density at radius 1 is 1.44 bits per heavy atom. The minimum atomic E-state index is -1.72. The predicted molar refractivity (Wildman–Crippen MR) is 54.7 cm³/mol. The summed E-state index contributed by atoms with van der Waals surface area (Å²) < 4.78 is 13.0. The van der Waals surface area contributed by atoms with Gasteiger partial charge in [0.15, 0.2) is 6.10 Å². The van der Waals surface area contributed by atoms with Crippen molar-refractivity contribution in [2.24, 2.45) is 0 Å². The van der Waals surface area contributed by atoms with Crippen LogP contribution >= 0.6 is 0 Å². The summed E-state index contributed by atoms with van der Waals surface area (Å²) in [6.45, 7) is 2.83. The normalized spacial score (nSPS) is 13.5. The molecular formula is C11H13FO4. The standard InChI is InChI=1S/C11H13FO4/c1-11(2,9(14)10(15)16)7-5-6(12)3-4-8(7)13/h3-5,9,13-14H,1-2H3,(H,15,16). The maximum absolute atomic E-state index is 13.0. The van der Waals surface area contributed by atoms with Crippen LogP contribution < -0.4 is 0 Å². The van der Waals surface area contributed by atoms with Crippen molar-refractivity contribution in [1.82, 2.24) is 0 Å². The second-order valence-electron chi connectivity index (χ2n) is 4.12. The van der Waals surface area contributed by atoms with Crippen LogP contribution in [0.15, 0.2) is 18.2 Å². The van der Waals surface area contributed by atoms with Crippen LogP contribution in [0.2, 0.25) is 0 Å². The maximum Gasteiger partial charge on any atom is 0.333 e. The van der Waals surface area contributed by atoms with Gasteiger partial charge < -0.3 is 15.3 Å². The summed E-state index contributed by atoms with van der Waals surface area (Å²) in [6, 6.07) is 3.20. The number of phenols is 1. The molecule has 0 heterocycles. The third kappa shape index (κ3) is 2.14. The number of carboxylic acid groups (broad SMARTS) is 1. The Bertz CT molecular complexity index is 414. The molecule has 0 saturated heterocycles. The van der Waals surface area contributed by atoms with E-state index >= 15 is 0 Å². The number of hydrogen-bond acceptors (Lipinski definition) is 3. The number of carbonyl (C=O) groups is 1. The van der Waals surface area contributed by atoms with Crippen molar-refractivity contribution in [3.8, 4) is 5.75 Å². The molecule has 16 heavy (non-hydrogen) atoms. The van der Waals surface area contributed by atoms with Crippen LogP contribution in [0.4, 0.5) is 4.39 Å². The number of rotatable bonds is 3. The van der Waals surface area contributed by atoms with Gasteiger partial charge in [-0.25, -0.2) is 9.18 Å². The third-order valence-corrected chi connectivity index (χ3v) is 2.57. The molecule has 1 rings (SSSR count). The summed E-state index contributed by atoms with van der Waals surface area (Å²) in [5.74, 6) is -2.26. The lowest BCUT2D eigenvalue weighted by atomic mass is 9.79. The first-order valence-corrected chi connectivity index (χ1v) is 4.66. The Kier molecular flexibility index (Phi) is 3.19. The number of aliphatic hydroxyl groups excluding tert-OH is 1. The number of aliphatic hydroxyl groups is 1. The van der Waals surface area contributed by atoms with Gasteiger partial charge in [-0.05, 0) is 18.2 Å². The van der Waals surface area contributed by atoms with E-state index in [-0.39, 0.29) is 11.3 Å². The Balaban J connectivity index is 3.25. The van der Waals surface area contributed by atoms with Crippen LogP contribution in [0.5, 0.6) is 5.75 Å². The maximum atomic E-state index is 13.0. The minimum Gasteiger partial charge on any atom is -0.508 e. The molecule has 1 aromatic carbocycles. The van der Waals surface area contributed by atoms with Crippen molar-refractivity contribution in [2.75, 3.05) is 0 Å². The molecule has 0 aliphatic heterocycles. The lowest BCUT2D eigenvalue weighted by molar-refractivity contribution is -0.150. The average Bonchev–Trinajstić information content (AvgIpc) is 2.20. The molecule has 0 aliphatic carbocycles. The highest BCUT2D eigenvalue weighted by molar-refractivity contribution is 5.74. The lowest BCUT2D eigenvalue weighted by Crippen LogP contribution is -2.39. The van der Waals surface area contributed by atoms with Gasteiger partial charge in [-0.15, -0.1) is 0 Å². The highest BCUT2D eigenvalue weighted by Gasteiger charge is 2.37. The van der Waals surface area contributed by atoms with Crippen LogP contribution in [0.3, 0.4) is 0 Å². The number of phenolic OH excluding ortho intramolecular Hbond substituents is 1. The lowest BCUT2D eigenvalue weighted by Gasteiger charge is -2.28. The van der Waals surface area contributed by atoms with Gasteiger partial charge in [0.25, 0.3) is 0 Å². The summed E-state index contributed by atoms with van der Waals surface area (Å²) in [5, 5.41) is 27.7. The molecule has 5 heteroatoms. The number of halogens is 1. The Labute approximate surface area is 92.0 Å². The number of aliphatic carboxylic acids is 1. The quantitative estimate of drug-likeness (QED) is 0.727. The molecule has 88 valence electrons. The third-order valence-electron chi connectivity index (χ3n) is 2.57. The van der Waals surface area contributed by atoms with Crippen molar-refractivity contribution in [1.29, 1.82) is 0 Å². The number of benzene rings is 1. The first-order chi connectivity index (χ1) is 7.26. The fraction of sp³-hybridized carbons (Fsp3) is 0.364. The van der Waals surface area contributed by atoms with Gasteiger partial charge in [0, 0.05) is 11.0 Å². The zero-order chi connectivity index (χ0) is 12.5. The van der Waals surface area contributed by atoms with E-state index in [4.69, 9.17) is 5.11 Å². The van der Waals surface area contributed by atoms with Crippen molar-refractivity contribution >= 4 is 5.97 Å². The summed E-state index contributed by atoms with van der Waals surface area (Å²) in [6.07, 6.45) is -1.72. The zero-order valence-corrected chi connectivity index (χ0v) is 8.94. The van der Waals surface area contributed by atoms with Crippen molar-refractivity contribution < 1.29 is 24.5 Å². The summed E-state index contributed by atoms with van der Waals surface area (Å²) in [5.41, 5.74) is -1.22. The molecule has 0 amide bonds. The van der Waals surface area contributed by atoms with E-state index in [1.165, 1.54) is 13.8 Å². The predicted octanol–water partition coefficient (Wildman–Crippen LogP) is 1.25. The largest absolute Gasteiger partial charge is 0.508 e. The van der Waals surface area contributed by atoms with Gasteiger partial charge in [0.2, 0.25) is 0 Å². The van der Waals surface area contributed by atoms with Crippen LogP contribution in [0, 0.1) is 5.82 Å². The van der Waals surface area contributed by atoms with Gasteiger partial charge in [-0.3, -0.25) is 0 Å². The zero-order valence-electron chi connectivity index (χ0n) is 8.94. The molecule has 1 atom stereocenters. The van der Waals surface area contributed by atoms with E-state index in [9.17, 15) is 19.4 Å². The van der Waals surface area contributed by atoms with Crippen molar-refractivity contribution in [3.05, 3.63) is 29.6 Å². The molecule has 0 spiro atoms. The fourth-order valence-corrected chi connectivity index (χ4v) is 1.48. The minimum absolute atomic E-state index is 0.0578. The van der Waals surface area contributed by atoms with Gasteiger partial charge in [0.05, 0.1) is 0 Å². The van der Waals surface area contributed by atoms with Gasteiger partial charge in [-0.1, -0.05) is 13.8 Å². The molecule has 4 nitrogen and oxygen atoms in total. The van der Waals surface area contributed by atoms with Gasteiger partial charge in [0.1, 0.15) is 11.6 Å². The molecule has 1 unspecified atom stereocenters. The number of aromatic hydroxyl groups is 1. The van der Waals surface area contributed by atoms with Crippen molar-refractivity contribution in [3.63, 3.8) is 0 Å². The molecular weight excluding hydrogens is 215 g/mol. The van der Waals surface area contributed by atoms with E-state index in [0.29, 0.717) is 0 Å². The first-order valence-electron chi connectivity index (χ1n) is 4.66. The van der Waals surface area contributed by atoms with Crippen LogP contribution in [-0.2, 0) is 10.2 Å². The fourth-order valence-electron chi connectivity index (χ4n) is 1.48. The van der Waals surface area contributed by atoms with Crippen LogP contribution in [0.25, 0.3) is 0 Å². The molecule has 0 radical (unpaired) electrons. The highest BCUT2D eigenvalue weighted by Crippen LogP contribution is 2.34. The average molecular weight is 228 g/mol. The monoisotopic (exact) mass is 228 g/mol. The van der Waals surface area contributed by atoms with Crippen LogP contribution in [-0.4, -0.2) is 27.4 Å². The van der Waals surface area contributed by atoms with Crippen molar-refractivity contribution in [2.45, 2.75) is 25.4 Å². The Hall–Kier alpha value is -1.62. The number of hydrogen-bond donors (Lipinski definition) is 3. The second-order valence-corrected chi connectivity index (χ2v) is 4.12. The summed E-state index contributed by atoms with van der Waals surface area (Å²) in [4.78, 5) is 10.7. The van der Waals surface area contributed by atoms with E-state index in [2.05, 4.69) is 0 Å². The molecule has 0 bridgehead atoms. The van der Waals surface area contributed by atoms with E-state index < -0.39 is 23.3 Å². The van der Waals surface area contributed by atoms with E-state index in [0.717, 1.165) is 18.2 Å². The highest BCUT2D eigenvalue weighted by atomic mass is 19.1. The molecule has 3 N–H and O–H groups in total. The molecule has 0 fully saturated rings. The second kappa shape index (κ2) is 4.09. The molecule has 0 saturated carbocycles. The van der Waals surface area contributed by atoms with Gasteiger partial charge in [-0.2, -0.15) is 0 Å². The Morgan fingerprint density at radius 3 is 2.50 bits per heavy atom. The van der Waals surface area contributed by atoms with Crippen LogP contribution in [0.1, 0.15) is 19.4 Å². The first kappa shape index (κ1) is 12.4. The summed E-state index contributed by atoms with van der Waals surface area (Å²) >= 11 is 0. The topological polar surface area (TPSA) is 77.8 Å².